The first-order chi connectivity index (χ1) is 7.24. The minimum Gasteiger partial charge on any atom is -0.475 e. The molecule has 0 spiro atoms. The van der Waals surface area contributed by atoms with Crippen LogP contribution in [0.1, 0.15) is 10.6 Å². The Hall–Kier alpha value is -2.23. The van der Waals surface area contributed by atoms with Crippen molar-refractivity contribution in [3.8, 4) is 0 Å². The molecule has 0 amide bonds. The molecule has 15 heavy (non-hydrogen) atoms. The Kier molecular flexibility index (Phi) is 1.42. The molecular weight excluding hydrogens is 194 g/mol. The molecule has 3 rings (SSSR count). The SMILES string of the molecule is O=C(O)c1cc2cc3cc[nH]c3cc2o1. The molecule has 1 aromatic carbocycles. The molecule has 0 saturated heterocycles. The number of rotatable bonds is 1. The van der Waals surface area contributed by atoms with Crippen LogP contribution in [0.5, 0.6) is 0 Å². The van der Waals surface area contributed by atoms with Crippen LogP contribution in [0.3, 0.4) is 0 Å². The number of aromatic carboxylic acids is 1. The van der Waals surface area contributed by atoms with Gasteiger partial charge in [-0.2, -0.15) is 0 Å². The number of benzene rings is 1. The highest BCUT2D eigenvalue weighted by Crippen LogP contribution is 2.24. The van der Waals surface area contributed by atoms with Crippen LogP contribution in [0.15, 0.2) is 34.9 Å². The van der Waals surface area contributed by atoms with Crippen molar-refractivity contribution < 1.29 is 14.3 Å². The van der Waals surface area contributed by atoms with Crippen molar-refractivity contribution in [1.82, 2.24) is 4.98 Å². The molecule has 0 aliphatic rings. The van der Waals surface area contributed by atoms with Gasteiger partial charge < -0.3 is 14.5 Å². The second kappa shape index (κ2) is 2.63. The van der Waals surface area contributed by atoms with Gasteiger partial charge in [0.2, 0.25) is 5.76 Å². The molecule has 0 unspecified atom stereocenters. The number of hydrogen-bond acceptors (Lipinski definition) is 2. The third kappa shape index (κ3) is 1.11. The van der Waals surface area contributed by atoms with Crippen molar-refractivity contribution in [2.24, 2.45) is 0 Å². The van der Waals surface area contributed by atoms with Gasteiger partial charge in [0.05, 0.1) is 0 Å². The number of H-pyrrole nitrogens is 1. The highest BCUT2D eigenvalue weighted by molar-refractivity contribution is 5.98. The van der Waals surface area contributed by atoms with Crippen molar-refractivity contribution in [3.05, 3.63) is 36.2 Å². The summed E-state index contributed by atoms with van der Waals surface area (Å²) < 4.78 is 5.19. The van der Waals surface area contributed by atoms with Gasteiger partial charge in [-0.3, -0.25) is 0 Å². The first-order valence-corrected chi connectivity index (χ1v) is 4.48. The maximum Gasteiger partial charge on any atom is 0.371 e. The van der Waals surface area contributed by atoms with E-state index in [0.717, 1.165) is 16.3 Å². The highest BCUT2D eigenvalue weighted by atomic mass is 16.4. The first kappa shape index (κ1) is 8.11. The number of fused-ring (bicyclic) bond motifs is 2. The summed E-state index contributed by atoms with van der Waals surface area (Å²) in [6.45, 7) is 0. The summed E-state index contributed by atoms with van der Waals surface area (Å²) in [5, 5.41) is 10.6. The zero-order valence-corrected chi connectivity index (χ0v) is 7.65. The minimum absolute atomic E-state index is 0.0300. The van der Waals surface area contributed by atoms with Crippen LogP contribution in [0.4, 0.5) is 0 Å². The monoisotopic (exact) mass is 201 g/mol. The third-order valence-corrected chi connectivity index (χ3v) is 2.40. The second-order valence-corrected chi connectivity index (χ2v) is 3.37. The van der Waals surface area contributed by atoms with Crippen LogP contribution in [0.25, 0.3) is 21.9 Å². The van der Waals surface area contributed by atoms with E-state index in [9.17, 15) is 4.79 Å². The molecule has 3 aromatic rings. The molecule has 0 bridgehead atoms. The summed E-state index contributed by atoms with van der Waals surface area (Å²) in [7, 11) is 0. The molecule has 0 atom stereocenters. The van der Waals surface area contributed by atoms with E-state index in [1.165, 1.54) is 6.07 Å². The Morgan fingerprint density at radius 1 is 1.27 bits per heavy atom. The normalized spacial score (nSPS) is 11.2. The van der Waals surface area contributed by atoms with Gasteiger partial charge in [0.25, 0.3) is 0 Å². The average Bonchev–Trinajstić information content (AvgIpc) is 2.77. The Morgan fingerprint density at radius 2 is 2.13 bits per heavy atom. The maximum absolute atomic E-state index is 10.7. The molecule has 74 valence electrons. The van der Waals surface area contributed by atoms with E-state index in [0.29, 0.717) is 5.58 Å². The smallest absolute Gasteiger partial charge is 0.371 e. The summed E-state index contributed by atoms with van der Waals surface area (Å²) in [6, 6.07) is 7.17. The summed E-state index contributed by atoms with van der Waals surface area (Å²) in [6.07, 6.45) is 1.83. The summed E-state index contributed by atoms with van der Waals surface area (Å²) >= 11 is 0. The van der Waals surface area contributed by atoms with E-state index in [1.54, 1.807) is 6.07 Å². The molecule has 0 fully saturated rings. The number of carbonyl (C=O) groups is 1. The van der Waals surface area contributed by atoms with Gasteiger partial charge in [-0.05, 0) is 18.2 Å². The zero-order valence-electron chi connectivity index (χ0n) is 7.65. The molecule has 0 aliphatic carbocycles. The van der Waals surface area contributed by atoms with E-state index in [2.05, 4.69) is 4.98 Å². The van der Waals surface area contributed by atoms with Gasteiger partial charge in [0.1, 0.15) is 5.58 Å². The van der Waals surface area contributed by atoms with Gasteiger partial charge in [0, 0.05) is 28.6 Å². The van der Waals surface area contributed by atoms with E-state index in [-0.39, 0.29) is 5.76 Å². The summed E-state index contributed by atoms with van der Waals surface area (Å²) in [4.78, 5) is 13.7. The second-order valence-electron chi connectivity index (χ2n) is 3.37. The number of carboxylic acid groups (broad SMARTS) is 1. The molecule has 2 heterocycles. The predicted octanol–water partition coefficient (Wildman–Crippen LogP) is 2.61. The number of aromatic nitrogens is 1. The Bertz CT molecular complexity index is 615. The highest BCUT2D eigenvalue weighted by Gasteiger charge is 2.10. The first-order valence-electron chi connectivity index (χ1n) is 4.48. The third-order valence-electron chi connectivity index (χ3n) is 2.40. The molecule has 4 nitrogen and oxygen atoms in total. The van der Waals surface area contributed by atoms with Crippen LogP contribution >= 0.6 is 0 Å². The fraction of sp³-hybridized carbons (Fsp3) is 0. The number of furan rings is 1. The molecule has 2 aromatic heterocycles. The van der Waals surface area contributed by atoms with E-state index < -0.39 is 5.97 Å². The van der Waals surface area contributed by atoms with Crippen LogP contribution in [-0.2, 0) is 0 Å². The lowest BCUT2D eigenvalue weighted by atomic mass is 10.2. The van der Waals surface area contributed by atoms with Gasteiger partial charge in [-0.15, -0.1) is 0 Å². The standard InChI is InChI=1S/C11H7NO3/c13-11(14)10-4-7-3-6-1-2-12-8(6)5-9(7)15-10/h1-5,12H,(H,13,14). The molecule has 2 N–H and O–H groups in total. The van der Waals surface area contributed by atoms with Crippen LogP contribution in [-0.4, -0.2) is 16.1 Å². The van der Waals surface area contributed by atoms with Gasteiger partial charge >= 0.3 is 5.97 Å². The molecule has 0 radical (unpaired) electrons. The number of hydrogen-bond donors (Lipinski definition) is 2. The zero-order chi connectivity index (χ0) is 10.4. The Morgan fingerprint density at radius 3 is 2.93 bits per heavy atom. The summed E-state index contributed by atoms with van der Waals surface area (Å²) in [5.41, 5.74) is 1.52. The largest absolute Gasteiger partial charge is 0.475 e. The van der Waals surface area contributed by atoms with Crippen molar-refractivity contribution in [3.63, 3.8) is 0 Å². The van der Waals surface area contributed by atoms with E-state index in [4.69, 9.17) is 9.52 Å². The molecule has 0 saturated carbocycles. The Balaban J connectivity index is 2.38. The lowest BCUT2D eigenvalue weighted by Gasteiger charge is -1.89. The number of carboxylic acids is 1. The fourth-order valence-electron chi connectivity index (χ4n) is 1.69. The Labute approximate surface area is 84.1 Å². The van der Waals surface area contributed by atoms with Crippen molar-refractivity contribution in [1.29, 1.82) is 0 Å². The quantitative estimate of drug-likeness (QED) is 0.635. The van der Waals surface area contributed by atoms with Gasteiger partial charge in [-0.25, -0.2) is 4.79 Å². The predicted molar refractivity (Wildman–Crippen MR) is 55.0 cm³/mol. The van der Waals surface area contributed by atoms with Crippen molar-refractivity contribution in [2.75, 3.05) is 0 Å². The topological polar surface area (TPSA) is 66.2 Å². The lowest BCUT2D eigenvalue weighted by molar-refractivity contribution is 0.0665. The van der Waals surface area contributed by atoms with E-state index in [1.807, 2.05) is 18.3 Å². The molecular formula is C11H7NO3. The fourth-order valence-corrected chi connectivity index (χ4v) is 1.69. The number of nitrogens with one attached hydrogen (secondary N) is 1. The van der Waals surface area contributed by atoms with Crippen molar-refractivity contribution >= 4 is 27.8 Å². The van der Waals surface area contributed by atoms with Crippen molar-refractivity contribution in [2.45, 2.75) is 0 Å². The maximum atomic E-state index is 10.7. The van der Waals surface area contributed by atoms with Crippen LogP contribution < -0.4 is 0 Å². The molecule has 4 heteroatoms. The van der Waals surface area contributed by atoms with E-state index >= 15 is 0 Å². The minimum atomic E-state index is -1.05. The van der Waals surface area contributed by atoms with Gasteiger partial charge in [-0.1, -0.05) is 0 Å². The molecule has 0 aliphatic heterocycles. The van der Waals surface area contributed by atoms with Crippen LogP contribution in [0, 0.1) is 0 Å². The van der Waals surface area contributed by atoms with Crippen LogP contribution in [0.2, 0.25) is 0 Å². The lowest BCUT2D eigenvalue weighted by Crippen LogP contribution is -1.91. The summed E-state index contributed by atoms with van der Waals surface area (Å²) in [5.74, 6) is -1.08. The number of aromatic amines is 1. The van der Waals surface area contributed by atoms with Gasteiger partial charge in [0.15, 0.2) is 0 Å². The average molecular weight is 201 g/mol.